The summed E-state index contributed by atoms with van der Waals surface area (Å²) in [5.41, 5.74) is 5.50. The number of carbonyl (C=O) groups excluding carboxylic acids is 4. The number of aliphatic hydroxyl groups excluding tert-OH is 2. The third kappa shape index (κ3) is 15.8. The molecule has 11 heteroatoms. The average Bonchev–Trinajstić information content (AvgIpc) is 2.71. The van der Waals surface area contributed by atoms with Gasteiger partial charge in [0.05, 0.1) is 19.8 Å². The predicted molar refractivity (Wildman–Crippen MR) is 109 cm³/mol. The molecule has 0 aromatic rings. The summed E-state index contributed by atoms with van der Waals surface area (Å²) in [7, 11) is 0. The van der Waals surface area contributed by atoms with Gasteiger partial charge in [-0.3, -0.25) is 19.2 Å². The zero-order chi connectivity index (χ0) is 22.8. The third-order valence-electron chi connectivity index (χ3n) is 4.29. The first-order chi connectivity index (χ1) is 14.2. The predicted octanol–water partition coefficient (Wildman–Crippen LogP) is -2.04. The summed E-state index contributed by atoms with van der Waals surface area (Å²) in [6, 6.07) is 0. The van der Waals surface area contributed by atoms with Crippen LogP contribution >= 0.6 is 0 Å². The number of nitrogens with one attached hydrogen (secondary N) is 3. The lowest BCUT2D eigenvalue weighted by Gasteiger charge is -2.29. The Kier molecular flexibility index (Phi) is 15.5. The third-order valence-corrected chi connectivity index (χ3v) is 4.29. The van der Waals surface area contributed by atoms with E-state index in [9.17, 15) is 19.2 Å². The molecular weight excluding hydrogens is 396 g/mol. The van der Waals surface area contributed by atoms with Crippen molar-refractivity contribution in [2.24, 2.45) is 5.73 Å². The Labute approximate surface area is 177 Å². The molecule has 0 aliphatic carbocycles. The van der Waals surface area contributed by atoms with Crippen molar-refractivity contribution < 1.29 is 34.1 Å². The van der Waals surface area contributed by atoms with E-state index in [1.807, 2.05) is 0 Å². The van der Waals surface area contributed by atoms with Gasteiger partial charge in [0, 0.05) is 44.4 Å². The molecule has 0 unspecified atom stereocenters. The van der Waals surface area contributed by atoms with Crippen LogP contribution in [0.1, 0.15) is 45.4 Å². The molecule has 0 aromatic carbocycles. The highest BCUT2D eigenvalue weighted by molar-refractivity contribution is 5.78. The van der Waals surface area contributed by atoms with Gasteiger partial charge in [-0.05, 0) is 26.2 Å². The smallest absolute Gasteiger partial charge is 0.220 e. The number of amides is 3. The fourth-order valence-corrected chi connectivity index (χ4v) is 2.60. The van der Waals surface area contributed by atoms with Crippen molar-refractivity contribution in [1.82, 2.24) is 16.0 Å². The van der Waals surface area contributed by atoms with Crippen molar-refractivity contribution in [3.05, 3.63) is 0 Å². The van der Waals surface area contributed by atoms with Gasteiger partial charge in [-0.25, -0.2) is 0 Å². The van der Waals surface area contributed by atoms with Crippen molar-refractivity contribution in [3.63, 3.8) is 0 Å². The Morgan fingerprint density at radius 2 is 1.20 bits per heavy atom. The van der Waals surface area contributed by atoms with Gasteiger partial charge < -0.3 is 36.6 Å². The van der Waals surface area contributed by atoms with E-state index in [1.165, 1.54) is 6.92 Å². The lowest BCUT2D eigenvalue weighted by molar-refractivity contribution is -0.122. The molecule has 0 aromatic heterocycles. The molecule has 0 fully saturated rings. The van der Waals surface area contributed by atoms with E-state index >= 15 is 0 Å². The number of carbonyl (C=O) groups is 4. The Balaban J connectivity index is 4.54. The number of aliphatic hydroxyl groups is 2. The Bertz CT molecular complexity index is 519. The molecule has 30 heavy (non-hydrogen) atoms. The van der Waals surface area contributed by atoms with E-state index in [2.05, 4.69) is 16.0 Å². The normalized spacial score (nSPS) is 11.1. The van der Waals surface area contributed by atoms with Crippen molar-refractivity contribution in [2.75, 3.05) is 46.1 Å². The lowest BCUT2D eigenvalue weighted by Crippen LogP contribution is -2.44. The van der Waals surface area contributed by atoms with E-state index < -0.39 is 5.54 Å². The van der Waals surface area contributed by atoms with Crippen LogP contribution in [-0.2, 0) is 23.9 Å². The Morgan fingerprint density at radius 1 is 0.800 bits per heavy atom. The number of nitrogens with two attached hydrogens (primary N) is 1. The maximum Gasteiger partial charge on any atom is 0.220 e. The highest BCUT2D eigenvalue weighted by Gasteiger charge is 2.27. The summed E-state index contributed by atoms with van der Waals surface area (Å²) in [5.74, 6) is -0.877. The van der Waals surface area contributed by atoms with E-state index in [-0.39, 0.29) is 108 Å². The standard InChI is InChI=1S/C19H36N4O7/c1-15(26)14-30-13-10-23-18(29)4-7-19(20,5-2-16(27)21-8-11-24)6-3-17(28)22-9-12-25/h24-25H,2-14,20H2,1H3,(H,21,27)(H,22,28)(H,23,29). The zero-order valence-corrected chi connectivity index (χ0v) is 17.7. The van der Waals surface area contributed by atoms with Crippen LogP contribution in [-0.4, -0.2) is 85.3 Å². The SMILES string of the molecule is CC(=O)COCCNC(=O)CCC(N)(CCC(=O)NCCO)CCC(=O)NCCO. The molecule has 3 amide bonds. The number of ketones is 1. The topological polar surface area (TPSA) is 180 Å². The van der Waals surface area contributed by atoms with Gasteiger partial charge in [-0.1, -0.05) is 0 Å². The number of hydrogen-bond acceptors (Lipinski definition) is 8. The minimum absolute atomic E-state index is 0.00152. The minimum atomic E-state index is -0.907. The van der Waals surface area contributed by atoms with Crippen LogP contribution < -0.4 is 21.7 Å². The quantitative estimate of drug-likeness (QED) is 0.134. The van der Waals surface area contributed by atoms with Gasteiger partial charge in [-0.15, -0.1) is 0 Å². The van der Waals surface area contributed by atoms with Gasteiger partial charge in [-0.2, -0.15) is 0 Å². The first-order valence-electron chi connectivity index (χ1n) is 10.1. The second kappa shape index (κ2) is 16.7. The molecule has 0 heterocycles. The van der Waals surface area contributed by atoms with Gasteiger partial charge in [0.1, 0.15) is 6.61 Å². The van der Waals surface area contributed by atoms with Crippen molar-refractivity contribution in [3.8, 4) is 0 Å². The molecule has 0 spiro atoms. The van der Waals surface area contributed by atoms with Crippen molar-refractivity contribution >= 4 is 23.5 Å². The lowest BCUT2D eigenvalue weighted by atomic mass is 9.84. The summed E-state index contributed by atoms with van der Waals surface area (Å²) in [6.07, 6.45) is 1.14. The fraction of sp³-hybridized carbons (Fsp3) is 0.789. The van der Waals surface area contributed by atoms with E-state index in [4.69, 9.17) is 20.7 Å². The molecule has 7 N–H and O–H groups in total. The molecule has 0 radical (unpaired) electrons. The van der Waals surface area contributed by atoms with Gasteiger partial charge in [0.25, 0.3) is 0 Å². The van der Waals surface area contributed by atoms with Crippen molar-refractivity contribution in [1.29, 1.82) is 0 Å². The summed E-state index contributed by atoms with van der Waals surface area (Å²) in [6.45, 7) is 1.85. The van der Waals surface area contributed by atoms with Crippen LogP contribution in [0.2, 0.25) is 0 Å². The molecule has 11 nitrogen and oxygen atoms in total. The van der Waals surface area contributed by atoms with Crippen LogP contribution in [0.5, 0.6) is 0 Å². The van der Waals surface area contributed by atoms with Crippen molar-refractivity contribution in [2.45, 2.75) is 51.0 Å². The van der Waals surface area contributed by atoms with E-state index in [0.717, 1.165) is 0 Å². The Morgan fingerprint density at radius 3 is 1.57 bits per heavy atom. The average molecular weight is 433 g/mol. The number of Topliss-reactive ketones (excluding diaryl/α,β-unsaturated/α-hetero) is 1. The molecule has 0 saturated heterocycles. The molecule has 0 atom stereocenters. The van der Waals surface area contributed by atoms with Crippen LogP contribution in [0.3, 0.4) is 0 Å². The maximum absolute atomic E-state index is 12.0. The summed E-state index contributed by atoms with van der Waals surface area (Å²) in [5, 5.41) is 25.3. The second-order valence-corrected chi connectivity index (χ2v) is 7.11. The maximum atomic E-state index is 12.0. The van der Waals surface area contributed by atoms with Crippen LogP contribution in [0.25, 0.3) is 0 Å². The molecule has 0 aliphatic rings. The zero-order valence-electron chi connectivity index (χ0n) is 17.7. The molecule has 0 saturated carbocycles. The van der Waals surface area contributed by atoms with Crippen LogP contribution in [0.15, 0.2) is 0 Å². The van der Waals surface area contributed by atoms with Crippen LogP contribution in [0, 0.1) is 0 Å². The summed E-state index contributed by atoms with van der Waals surface area (Å²) < 4.78 is 5.07. The Hall–Kier alpha value is -2.08. The monoisotopic (exact) mass is 432 g/mol. The molecule has 0 bridgehead atoms. The number of ether oxygens (including phenoxy) is 1. The van der Waals surface area contributed by atoms with E-state index in [0.29, 0.717) is 0 Å². The first-order valence-corrected chi connectivity index (χ1v) is 10.1. The fourth-order valence-electron chi connectivity index (χ4n) is 2.60. The number of rotatable bonds is 18. The summed E-state index contributed by atoms with van der Waals surface area (Å²) in [4.78, 5) is 46.5. The molecule has 174 valence electrons. The second-order valence-electron chi connectivity index (χ2n) is 7.11. The number of hydrogen-bond donors (Lipinski definition) is 6. The largest absolute Gasteiger partial charge is 0.395 e. The van der Waals surface area contributed by atoms with Crippen LogP contribution in [0.4, 0.5) is 0 Å². The molecule has 0 aliphatic heterocycles. The first kappa shape index (κ1) is 27.9. The summed E-state index contributed by atoms with van der Waals surface area (Å²) >= 11 is 0. The van der Waals surface area contributed by atoms with Gasteiger partial charge in [0.15, 0.2) is 5.78 Å². The van der Waals surface area contributed by atoms with E-state index in [1.54, 1.807) is 0 Å². The highest BCUT2D eigenvalue weighted by Crippen LogP contribution is 2.22. The van der Waals surface area contributed by atoms with Gasteiger partial charge in [0.2, 0.25) is 17.7 Å². The van der Waals surface area contributed by atoms with Gasteiger partial charge >= 0.3 is 0 Å². The molecular formula is C19H36N4O7. The molecule has 0 rings (SSSR count). The minimum Gasteiger partial charge on any atom is -0.395 e. The highest BCUT2D eigenvalue weighted by atomic mass is 16.5.